The number of hydrogen-bond acceptors (Lipinski definition) is 6. The number of esters is 1. The van der Waals surface area contributed by atoms with Crippen molar-refractivity contribution >= 4 is 45.3 Å². The van der Waals surface area contributed by atoms with Gasteiger partial charge in [-0.25, -0.2) is 14.6 Å². The minimum atomic E-state index is -0.387. The van der Waals surface area contributed by atoms with Crippen LogP contribution in [0.2, 0.25) is 0 Å². The molecule has 25 heavy (non-hydrogen) atoms. The second-order valence-electron chi connectivity index (χ2n) is 5.41. The number of aromatic nitrogens is 1. The van der Waals surface area contributed by atoms with Crippen molar-refractivity contribution in [1.29, 1.82) is 0 Å². The van der Waals surface area contributed by atoms with Gasteiger partial charge >= 0.3 is 12.0 Å². The number of amides is 2. The molecule has 132 valence electrons. The molecular weight excluding hydrogens is 358 g/mol. The SMILES string of the molecule is CCOC(=O)C1=C(CSc2nc3ccccc3s2)NC(=O)N[C@H]1CC. The molecule has 0 aliphatic carbocycles. The molecule has 1 aromatic carbocycles. The molecule has 2 heterocycles. The summed E-state index contributed by atoms with van der Waals surface area (Å²) in [5.41, 5.74) is 2.05. The molecule has 1 atom stereocenters. The van der Waals surface area contributed by atoms with Gasteiger partial charge in [0.2, 0.25) is 0 Å². The van der Waals surface area contributed by atoms with E-state index in [0.29, 0.717) is 30.1 Å². The Hall–Kier alpha value is -2.06. The van der Waals surface area contributed by atoms with Crippen LogP contribution in [-0.4, -0.2) is 35.4 Å². The molecule has 8 heteroatoms. The molecule has 2 amide bonds. The molecule has 2 N–H and O–H groups in total. The van der Waals surface area contributed by atoms with Crippen LogP contribution in [0.15, 0.2) is 39.9 Å². The lowest BCUT2D eigenvalue weighted by molar-refractivity contribution is -0.139. The van der Waals surface area contributed by atoms with E-state index in [-0.39, 0.29) is 18.0 Å². The van der Waals surface area contributed by atoms with Crippen LogP contribution < -0.4 is 10.6 Å². The third-order valence-electron chi connectivity index (χ3n) is 3.76. The second kappa shape index (κ2) is 7.88. The van der Waals surface area contributed by atoms with Gasteiger partial charge in [-0.15, -0.1) is 11.3 Å². The number of carbonyl (C=O) groups excluding carboxylic acids is 2. The fourth-order valence-corrected chi connectivity index (χ4v) is 4.66. The first-order chi connectivity index (χ1) is 12.1. The zero-order chi connectivity index (χ0) is 17.8. The zero-order valence-electron chi connectivity index (χ0n) is 14.0. The lowest BCUT2D eigenvalue weighted by Gasteiger charge is -2.28. The van der Waals surface area contributed by atoms with Crippen molar-refractivity contribution in [2.75, 3.05) is 12.4 Å². The Morgan fingerprint density at radius 2 is 2.16 bits per heavy atom. The number of nitrogens with zero attached hydrogens (tertiary/aromatic N) is 1. The Labute approximate surface area is 154 Å². The smallest absolute Gasteiger partial charge is 0.337 e. The van der Waals surface area contributed by atoms with Crippen LogP contribution in [0.25, 0.3) is 10.2 Å². The maximum Gasteiger partial charge on any atom is 0.337 e. The number of rotatable bonds is 6. The summed E-state index contributed by atoms with van der Waals surface area (Å²) in [6.07, 6.45) is 0.622. The van der Waals surface area contributed by atoms with Crippen LogP contribution in [0.3, 0.4) is 0 Å². The van der Waals surface area contributed by atoms with Crippen molar-refractivity contribution in [2.24, 2.45) is 0 Å². The van der Waals surface area contributed by atoms with Crippen molar-refractivity contribution in [3.63, 3.8) is 0 Å². The normalized spacial score (nSPS) is 17.4. The maximum absolute atomic E-state index is 12.3. The minimum absolute atomic E-state index is 0.292. The standard InChI is InChI=1S/C17H19N3O3S2/c1-3-10-14(15(21)23-4-2)12(19-16(22)18-10)9-24-17-20-11-7-5-6-8-13(11)25-17/h5-8,10H,3-4,9H2,1-2H3,(H2,18,19,22)/t10-/m0/s1. The van der Waals surface area contributed by atoms with E-state index < -0.39 is 0 Å². The summed E-state index contributed by atoms with van der Waals surface area (Å²) in [7, 11) is 0. The molecule has 0 unspecified atom stereocenters. The Bertz CT molecular complexity index is 798. The van der Waals surface area contributed by atoms with Crippen molar-refractivity contribution in [3.8, 4) is 0 Å². The third-order valence-corrected chi connectivity index (χ3v) is 5.97. The minimum Gasteiger partial charge on any atom is -0.463 e. The molecule has 1 aliphatic rings. The Morgan fingerprint density at radius 1 is 1.36 bits per heavy atom. The number of para-hydroxylation sites is 1. The van der Waals surface area contributed by atoms with Gasteiger partial charge in [0.15, 0.2) is 4.34 Å². The van der Waals surface area contributed by atoms with E-state index in [1.54, 1.807) is 18.3 Å². The summed E-state index contributed by atoms with van der Waals surface area (Å²) in [5.74, 6) is 0.0690. The molecule has 0 saturated heterocycles. The quantitative estimate of drug-likeness (QED) is 0.596. The van der Waals surface area contributed by atoms with Crippen molar-refractivity contribution in [3.05, 3.63) is 35.5 Å². The van der Waals surface area contributed by atoms with E-state index in [0.717, 1.165) is 14.6 Å². The number of thioether (sulfide) groups is 1. The average Bonchev–Trinajstić information content (AvgIpc) is 3.02. The molecule has 6 nitrogen and oxygen atoms in total. The Kier molecular flexibility index (Phi) is 5.60. The van der Waals surface area contributed by atoms with Gasteiger partial charge in [0.05, 0.1) is 28.4 Å². The molecular formula is C17H19N3O3S2. The highest BCUT2D eigenvalue weighted by atomic mass is 32.2. The Morgan fingerprint density at radius 3 is 2.88 bits per heavy atom. The largest absolute Gasteiger partial charge is 0.463 e. The fourth-order valence-electron chi connectivity index (χ4n) is 2.62. The van der Waals surface area contributed by atoms with E-state index in [1.807, 2.05) is 31.2 Å². The summed E-state index contributed by atoms with van der Waals surface area (Å²) >= 11 is 3.10. The number of benzene rings is 1. The van der Waals surface area contributed by atoms with Crippen LogP contribution in [0, 0.1) is 0 Å². The summed E-state index contributed by atoms with van der Waals surface area (Å²) in [6.45, 7) is 3.99. The second-order valence-corrected chi connectivity index (χ2v) is 7.66. The van der Waals surface area contributed by atoms with Gasteiger partial charge in [-0.05, 0) is 25.5 Å². The van der Waals surface area contributed by atoms with Gasteiger partial charge in [0.25, 0.3) is 0 Å². The summed E-state index contributed by atoms with van der Waals surface area (Å²) in [5, 5.41) is 5.53. The van der Waals surface area contributed by atoms with Gasteiger partial charge in [-0.1, -0.05) is 30.8 Å². The average molecular weight is 377 g/mol. The van der Waals surface area contributed by atoms with E-state index in [2.05, 4.69) is 15.6 Å². The molecule has 0 fully saturated rings. The van der Waals surface area contributed by atoms with Gasteiger partial charge in [0, 0.05) is 11.4 Å². The summed E-state index contributed by atoms with van der Waals surface area (Å²) in [4.78, 5) is 28.8. The van der Waals surface area contributed by atoms with Gasteiger partial charge < -0.3 is 15.4 Å². The highest BCUT2D eigenvalue weighted by Crippen LogP contribution is 2.31. The topological polar surface area (TPSA) is 80.3 Å². The molecule has 0 spiro atoms. The van der Waals surface area contributed by atoms with Gasteiger partial charge in [0.1, 0.15) is 0 Å². The lowest BCUT2D eigenvalue weighted by Crippen LogP contribution is -2.50. The highest BCUT2D eigenvalue weighted by molar-refractivity contribution is 8.01. The van der Waals surface area contributed by atoms with Crippen LogP contribution in [0.5, 0.6) is 0 Å². The van der Waals surface area contributed by atoms with Crippen LogP contribution >= 0.6 is 23.1 Å². The van der Waals surface area contributed by atoms with Gasteiger partial charge in [-0.3, -0.25) is 0 Å². The predicted molar refractivity (Wildman–Crippen MR) is 99.7 cm³/mol. The molecule has 0 saturated carbocycles. The van der Waals surface area contributed by atoms with Crippen LogP contribution in [-0.2, 0) is 9.53 Å². The number of ether oxygens (including phenoxy) is 1. The molecule has 1 aromatic heterocycles. The monoisotopic (exact) mass is 377 g/mol. The third kappa shape index (κ3) is 3.96. The lowest BCUT2D eigenvalue weighted by atomic mass is 10.0. The highest BCUT2D eigenvalue weighted by Gasteiger charge is 2.31. The van der Waals surface area contributed by atoms with Crippen molar-refractivity contribution < 1.29 is 14.3 Å². The number of nitrogens with one attached hydrogen (secondary N) is 2. The van der Waals surface area contributed by atoms with E-state index in [4.69, 9.17) is 4.74 Å². The summed E-state index contributed by atoms with van der Waals surface area (Å²) < 4.78 is 7.19. The number of thiazole rings is 1. The van der Waals surface area contributed by atoms with E-state index >= 15 is 0 Å². The van der Waals surface area contributed by atoms with Crippen molar-refractivity contribution in [1.82, 2.24) is 15.6 Å². The Balaban J connectivity index is 1.84. The number of fused-ring (bicyclic) bond motifs is 1. The molecule has 0 radical (unpaired) electrons. The number of urea groups is 1. The molecule has 1 aliphatic heterocycles. The predicted octanol–water partition coefficient (Wildman–Crippen LogP) is 3.30. The van der Waals surface area contributed by atoms with Crippen LogP contribution in [0.4, 0.5) is 4.79 Å². The number of hydrogen-bond donors (Lipinski definition) is 2. The summed E-state index contributed by atoms with van der Waals surface area (Å²) in [6, 6.07) is 7.31. The number of carbonyl (C=O) groups is 2. The van der Waals surface area contributed by atoms with E-state index in [9.17, 15) is 9.59 Å². The fraction of sp³-hybridized carbons (Fsp3) is 0.353. The van der Waals surface area contributed by atoms with Gasteiger partial charge in [-0.2, -0.15) is 0 Å². The zero-order valence-corrected chi connectivity index (χ0v) is 15.6. The van der Waals surface area contributed by atoms with Crippen LogP contribution in [0.1, 0.15) is 20.3 Å². The molecule has 3 rings (SSSR count). The van der Waals surface area contributed by atoms with Crippen molar-refractivity contribution in [2.45, 2.75) is 30.6 Å². The maximum atomic E-state index is 12.3. The molecule has 2 aromatic rings. The first kappa shape index (κ1) is 17.8. The first-order valence-corrected chi connectivity index (χ1v) is 9.88. The van der Waals surface area contributed by atoms with E-state index in [1.165, 1.54) is 11.8 Å². The molecule has 0 bridgehead atoms. The first-order valence-electron chi connectivity index (χ1n) is 8.08.